The second kappa shape index (κ2) is 5.84. The number of fused-ring (bicyclic) bond motifs is 1. The molecular formula is C16H18N4. The summed E-state index contributed by atoms with van der Waals surface area (Å²) in [7, 11) is 2.00. The number of nitrogens with one attached hydrogen (secondary N) is 1. The maximum absolute atomic E-state index is 4.44. The number of para-hydroxylation sites is 2. The van der Waals surface area contributed by atoms with Gasteiger partial charge in [0.25, 0.3) is 0 Å². The molecule has 0 saturated heterocycles. The number of nitrogens with zero attached hydrogens (tertiary/aromatic N) is 3. The topological polar surface area (TPSA) is 42.7 Å². The van der Waals surface area contributed by atoms with Crippen molar-refractivity contribution in [3.8, 4) is 0 Å². The smallest absolute Gasteiger partial charge is 0.0958 e. The van der Waals surface area contributed by atoms with Crippen LogP contribution in [0.1, 0.15) is 5.56 Å². The van der Waals surface area contributed by atoms with Gasteiger partial charge >= 0.3 is 0 Å². The van der Waals surface area contributed by atoms with Crippen molar-refractivity contribution < 1.29 is 0 Å². The van der Waals surface area contributed by atoms with E-state index in [2.05, 4.69) is 38.1 Å². The van der Waals surface area contributed by atoms with Gasteiger partial charge in [-0.3, -0.25) is 4.98 Å². The molecule has 4 heteroatoms. The van der Waals surface area contributed by atoms with Gasteiger partial charge in [-0.05, 0) is 37.2 Å². The molecule has 0 bridgehead atoms. The first-order valence-corrected chi connectivity index (χ1v) is 6.83. The minimum absolute atomic E-state index is 0.358. The fraction of sp³-hybridized carbons (Fsp3) is 0.250. The molecule has 20 heavy (non-hydrogen) atoms. The van der Waals surface area contributed by atoms with Gasteiger partial charge in [-0.25, -0.2) is 4.98 Å². The zero-order chi connectivity index (χ0) is 13.8. The Morgan fingerprint density at radius 2 is 2.10 bits per heavy atom. The summed E-state index contributed by atoms with van der Waals surface area (Å²) in [6, 6.07) is 12.7. The quantitative estimate of drug-likeness (QED) is 0.770. The van der Waals surface area contributed by atoms with Gasteiger partial charge < -0.3 is 9.88 Å². The van der Waals surface area contributed by atoms with Gasteiger partial charge in [-0.15, -0.1) is 0 Å². The molecule has 4 nitrogen and oxygen atoms in total. The lowest BCUT2D eigenvalue weighted by Gasteiger charge is -2.17. The maximum atomic E-state index is 4.44. The van der Waals surface area contributed by atoms with Crippen molar-refractivity contribution in [1.82, 2.24) is 19.9 Å². The van der Waals surface area contributed by atoms with Gasteiger partial charge in [0.1, 0.15) is 0 Å². The number of hydrogen-bond donors (Lipinski definition) is 1. The first kappa shape index (κ1) is 12.8. The van der Waals surface area contributed by atoms with Gasteiger partial charge in [0.15, 0.2) is 0 Å². The molecule has 3 rings (SSSR count). The fourth-order valence-electron chi connectivity index (χ4n) is 2.45. The Bertz CT molecular complexity index is 675. The zero-order valence-electron chi connectivity index (χ0n) is 11.5. The summed E-state index contributed by atoms with van der Waals surface area (Å²) >= 11 is 0. The Kier molecular flexibility index (Phi) is 3.74. The van der Waals surface area contributed by atoms with Crippen molar-refractivity contribution in [3.05, 3.63) is 60.7 Å². The Morgan fingerprint density at radius 1 is 1.20 bits per heavy atom. The maximum Gasteiger partial charge on any atom is 0.0958 e. The second-order valence-electron chi connectivity index (χ2n) is 4.94. The highest BCUT2D eigenvalue weighted by Crippen LogP contribution is 2.13. The standard InChI is InChI=1S/C16H18N4/c1-17-14(9-13-5-4-8-18-10-13)11-20-12-19-15-6-2-3-7-16(15)20/h2-8,10,12,14,17H,9,11H2,1H3. The molecule has 1 unspecified atom stereocenters. The van der Waals surface area contributed by atoms with E-state index in [0.29, 0.717) is 6.04 Å². The fourth-order valence-corrected chi connectivity index (χ4v) is 2.45. The van der Waals surface area contributed by atoms with Crippen molar-refractivity contribution >= 4 is 11.0 Å². The molecule has 1 aromatic carbocycles. The van der Waals surface area contributed by atoms with Crippen LogP contribution in [0.25, 0.3) is 11.0 Å². The van der Waals surface area contributed by atoms with Crippen molar-refractivity contribution in [1.29, 1.82) is 0 Å². The summed E-state index contributed by atoms with van der Waals surface area (Å²) in [6.07, 6.45) is 6.60. The lowest BCUT2D eigenvalue weighted by Crippen LogP contribution is -2.32. The van der Waals surface area contributed by atoms with Crippen LogP contribution in [0.15, 0.2) is 55.1 Å². The first-order valence-electron chi connectivity index (χ1n) is 6.83. The number of aromatic nitrogens is 3. The van der Waals surface area contributed by atoms with Crippen LogP contribution in [0.3, 0.4) is 0 Å². The molecule has 0 aliphatic heterocycles. The van der Waals surface area contributed by atoms with E-state index in [9.17, 15) is 0 Å². The summed E-state index contributed by atoms with van der Waals surface area (Å²) in [4.78, 5) is 8.61. The van der Waals surface area contributed by atoms with Crippen LogP contribution in [-0.2, 0) is 13.0 Å². The van der Waals surface area contributed by atoms with Crippen LogP contribution in [0.4, 0.5) is 0 Å². The van der Waals surface area contributed by atoms with E-state index in [1.54, 1.807) is 6.20 Å². The normalized spacial score (nSPS) is 12.7. The van der Waals surface area contributed by atoms with Crippen LogP contribution < -0.4 is 5.32 Å². The van der Waals surface area contributed by atoms with Gasteiger partial charge in [0.05, 0.1) is 17.4 Å². The molecule has 0 aliphatic carbocycles. The molecule has 0 amide bonds. The number of imidazole rings is 1. The third-order valence-corrected chi connectivity index (χ3v) is 3.56. The molecule has 2 heterocycles. The van der Waals surface area contributed by atoms with Crippen LogP contribution in [0.5, 0.6) is 0 Å². The summed E-state index contributed by atoms with van der Waals surface area (Å²) in [5.74, 6) is 0. The van der Waals surface area contributed by atoms with Gasteiger partial charge in [-0.1, -0.05) is 18.2 Å². The second-order valence-corrected chi connectivity index (χ2v) is 4.94. The highest BCUT2D eigenvalue weighted by molar-refractivity contribution is 5.74. The number of likely N-dealkylation sites (N-methyl/N-ethyl adjacent to an activating group) is 1. The predicted octanol–water partition coefficient (Wildman–Crippen LogP) is 2.26. The molecule has 1 atom stereocenters. The average molecular weight is 266 g/mol. The van der Waals surface area contributed by atoms with E-state index < -0.39 is 0 Å². The van der Waals surface area contributed by atoms with E-state index >= 15 is 0 Å². The minimum atomic E-state index is 0.358. The summed E-state index contributed by atoms with van der Waals surface area (Å²) < 4.78 is 2.20. The van der Waals surface area contributed by atoms with E-state index in [1.165, 1.54) is 11.1 Å². The van der Waals surface area contributed by atoms with Gasteiger partial charge in [0.2, 0.25) is 0 Å². The summed E-state index contributed by atoms with van der Waals surface area (Å²) in [6.45, 7) is 0.895. The van der Waals surface area contributed by atoms with E-state index in [-0.39, 0.29) is 0 Å². The third-order valence-electron chi connectivity index (χ3n) is 3.56. The van der Waals surface area contributed by atoms with Gasteiger partial charge in [-0.2, -0.15) is 0 Å². The lowest BCUT2D eigenvalue weighted by atomic mass is 10.1. The Hall–Kier alpha value is -2.20. The number of rotatable bonds is 5. The van der Waals surface area contributed by atoms with Crippen LogP contribution in [-0.4, -0.2) is 27.6 Å². The van der Waals surface area contributed by atoms with E-state index in [1.807, 2.05) is 37.8 Å². The molecule has 0 radical (unpaired) electrons. The SMILES string of the molecule is CNC(Cc1cccnc1)Cn1cnc2ccccc21. The highest BCUT2D eigenvalue weighted by atomic mass is 15.1. The molecule has 2 aromatic heterocycles. The molecule has 0 spiro atoms. The summed E-state index contributed by atoms with van der Waals surface area (Å²) in [5.41, 5.74) is 3.47. The predicted molar refractivity (Wildman–Crippen MR) is 80.5 cm³/mol. The number of hydrogen-bond acceptors (Lipinski definition) is 3. The lowest BCUT2D eigenvalue weighted by molar-refractivity contribution is 0.484. The minimum Gasteiger partial charge on any atom is -0.329 e. The Morgan fingerprint density at radius 3 is 2.90 bits per heavy atom. The van der Waals surface area contributed by atoms with Crippen molar-refractivity contribution in [3.63, 3.8) is 0 Å². The van der Waals surface area contributed by atoms with Crippen LogP contribution >= 0.6 is 0 Å². The molecule has 0 aliphatic rings. The molecular weight excluding hydrogens is 248 g/mol. The number of benzene rings is 1. The van der Waals surface area contributed by atoms with Crippen LogP contribution in [0.2, 0.25) is 0 Å². The Balaban J connectivity index is 1.78. The Labute approximate surface area is 118 Å². The monoisotopic (exact) mass is 266 g/mol. The number of pyridine rings is 1. The van der Waals surface area contributed by atoms with Crippen molar-refractivity contribution in [2.45, 2.75) is 19.0 Å². The highest BCUT2D eigenvalue weighted by Gasteiger charge is 2.10. The molecule has 0 saturated carbocycles. The zero-order valence-corrected chi connectivity index (χ0v) is 11.5. The molecule has 102 valence electrons. The first-order chi connectivity index (χ1) is 9.86. The average Bonchev–Trinajstić information content (AvgIpc) is 2.91. The third kappa shape index (κ3) is 2.70. The van der Waals surface area contributed by atoms with Crippen molar-refractivity contribution in [2.24, 2.45) is 0 Å². The van der Waals surface area contributed by atoms with E-state index in [0.717, 1.165) is 18.5 Å². The summed E-state index contributed by atoms with van der Waals surface area (Å²) in [5, 5.41) is 3.38. The van der Waals surface area contributed by atoms with Crippen LogP contribution in [0, 0.1) is 0 Å². The van der Waals surface area contributed by atoms with E-state index in [4.69, 9.17) is 0 Å². The molecule has 3 aromatic rings. The van der Waals surface area contributed by atoms with Gasteiger partial charge in [0, 0.05) is 25.0 Å². The molecule has 1 N–H and O–H groups in total. The van der Waals surface area contributed by atoms with Crippen molar-refractivity contribution in [2.75, 3.05) is 7.05 Å². The largest absolute Gasteiger partial charge is 0.329 e. The molecule has 0 fully saturated rings.